The lowest BCUT2D eigenvalue weighted by Gasteiger charge is -2.25. The third-order valence-corrected chi connectivity index (χ3v) is 5.92. The molecule has 144 valence electrons. The molecule has 2 aromatic rings. The number of carbonyl (C=O) groups is 1. The lowest BCUT2D eigenvalue weighted by atomic mass is 9.93. The number of amides is 1. The summed E-state index contributed by atoms with van der Waals surface area (Å²) in [6.45, 7) is 3.55. The van der Waals surface area contributed by atoms with Crippen LogP contribution in [0.25, 0.3) is 0 Å². The molecule has 2 aliphatic heterocycles. The van der Waals surface area contributed by atoms with Crippen molar-refractivity contribution in [1.29, 1.82) is 0 Å². The average Bonchev–Trinajstić information content (AvgIpc) is 3.39. The second-order valence-corrected chi connectivity index (χ2v) is 7.76. The summed E-state index contributed by atoms with van der Waals surface area (Å²) in [6.07, 6.45) is 4.96. The van der Waals surface area contributed by atoms with Crippen LogP contribution in [0.2, 0.25) is 0 Å². The number of nitrogens with zero attached hydrogens (tertiary/aromatic N) is 4. The molecule has 0 radical (unpaired) electrons. The summed E-state index contributed by atoms with van der Waals surface area (Å²) in [5.41, 5.74) is 1.32. The molecule has 2 saturated heterocycles. The highest BCUT2D eigenvalue weighted by Gasteiger charge is 2.47. The minimum absolute atomic E-state index is 0.0424. The zero-order chi connectivity index (χ0) is 18.8. The maximum atomic E-state index is 13.2. The number of rotatable bonds is 6. The van der Waals surface area contributed by atoms with Gasteiger partial charge in [-0.2, -0.15) is 4.98 Å². The van der Waals surface area contributed by atoms with Crippen LogP contribution in [0.3, 0.4) is 0 Å². The number of fused-ring (bicyclic) bond motifs is 1. The summed E-state index contributed by atoms with van der Waals surface area (Å²) in [5, 5.41) is 3.99. The Kier molecular flexibility index (Phi) is 5.25. The van der Waals surface area contributed by atoms with E-state index in [-0.39, 0.29) is 11.8 Å². The smallest absolute Gasteiger partial charge is 0.246 e. The monoisotopic (exact) mass is 368 g/mol. The largest absolute Gasteiger partial charge is 0.337 e. The molecule has 2 fully saturated rings. The first kappa shape index (κ1) is 18.2. The Labute approximate surface area is 160 Å². The summed E-state index contributed by atoms with van der Waals surface area (Å²) in [5.74, 6) is 1.48. The Balaban J connectivity index is 1.46. The van der Waals surface area contributed by atoms with Crippen LogP contribution in [0.5, 0.6) is 0 Å². The van der Waals surface area contributed by atoms with E-state index in [0.29, 0.717) is 24.5 Å². The number of hydrogen-bond donors (Lipinski definition) is 0. The van der Waals surface area contributed by atoms with Gasteiger partial charge in [0.25, 0.3) is 0 Å². The third kappa shape index (κ3) is 3.63. The normalized spacial score (nSPS) is 24.9. The molecule has 1 aromatic heterocycles. The summed E-state index contributed by atoms with van der Waals surface area (Å²) < 4.78 is 5.31. The number of hydrogen-bond acceptors (Lipinski definition) is 5. The van der Waals surface area contributed by atoms with Gasteiger partial charge in [0.2, 0.25) is 11.8 Å². The Hall–Kier alpha value is -2.21. The van der Waals surface area contributed by atoms with Crippen LogP contribution in [-0.4, -0.2) is 45.5 Å². The average molecular weight is 368 g/mol. The van der Waals surface area contributed by atoms with Crippen molar-refractivity contribution in [3.63, 3.8) is 0 Å². The van der Waals surface area contributed by atoms with Gasteiger partial charge in [0.05, 0.1) is 12.5 Å². The van der Waals surface area contributed by atoms with E-state index in [1.54, 1.807) is 4.90 Å². The van der Waals surface area contributed by atoms with Gasteiger partial charge >= 0.3 is 0 Å². The van der Waals surface area contributed by atoms with E-state index >= 15 is 0 Å². The minimum atomic E-state index is 0.0424. The van der Waals surface area contributed by atoms with Gasteiger partial charge in [0.15, 0.2) is 5.82 Å². The zero-order valence-corrected chi connectivity index (χ0v) is 16.2. The molecule has 3 atom stereocenters. The molecule has 2 aliphatic rings. The van der Waals surface area contributed by atoms with Crippen molar-refractivity contribution >= 4 is 5.91 Å². The summed E-state index contributed by atoms with van der Waals surface area (Å²) in [4.78, 5) is 21.9. The van der Waals surface area contributed by atoms with E-state index in [0.717, 1.165) is 38.1 Å². The van der Waals surface area contributed by atoms with Crippen molar-refractivity contribution in [1.82, 2.24) is 19.9 Å². The topological polar surface area (TPSA) is 62.5 Å². The maximum absolute atomic E-state index is 13.2. The van der Waals surface area contributed by atoms with Gasteiger partial charge in [0.1, 0.15) is 0 Å². The van der Waals surface area contributed by atoms with Gasteiger partial charge < -0.3 is 9.42 Å². The molecule has 0 saturated carbocycles. The van der Waals surface area contributed by atoms with E-state index in [2.05, 4.69) is 46.2 Å². The number of aryl methyl sites for hydroxylation is 1. The Morgan fingerprint density at radius 2 is 2.15 bits per heavy atom. The standard InChI is InChI=1S/C21H28N4O2/c1-3-8-19-22-20(27-23-19)14-24(2)21(26)16-13-18(15-9-5-4-6-10-15)25-12-7-11-17(16)25/h4-6,9-10,16-18H,3,7-8,11-14H2,1-2H3/t16?,17-,18?/m0/s1. The van der Waals surface area contributed by atoms with E-state index in [4.69, 9.17) is 4.52 Å². The first-order valence-corrected chi connectivity index (χ1v) is 10.0. The molecule has 0 bridgehead atoms. The van der Waals surface area contributed by atoms with Crippen molar-refractivity contribution in [3.8, 4) is 0 Å². The Bertz CT molecular complexity index is 775. The molecule has 2 unspecified atom stereocenters. The summed E-state index contributed by atoms with van der Waals surface area (Å²) in [7, 11) is 1.85. The lowest BCUT2D eigenvalue weighted by Crippen LogP contribution is -2.38. The first-order chi connectivity index (χ1) is 13.2. The maximum Gasteiger partial charge on any atom is 0.246 e. The second kappa shape index (κ2) is 7.80. The van der Waals surface area contributed by atoms with Gasteiger partial charge in [-0.1, -0.05) is 42.4 Å². The van der Waals surface area contributed by atoms with Crippen LogP contribution in [0.1, 0.15) is 55.9 Å². The van der Waals surface area contributed by atoms with Crippen molar-refractivity contribution in [2.24, 2.45) is 5.92 Å². The van der Waals surface area contributed by atoms with Crippen molar-refractivity contribution in [3.05, 3.63) is 47.6 Å². The van der Waals surface area contributed by atoms with E-state index in [1.165, 1.54) is 12.0 Å². The van der Waals surface area contributed by atoms with Crippen LogP contribution in [0, 0.1) is 5.92 Å². The highest BCUT2D eigenvalue weighted by atomic mass is 16.5. The molecule has 6 nitrogen and oxygen atoms in total. The second-order valence-electron chi connectivity index (χ2n) is 7.76. The fourth-order valence-corrected chi connectivity index (χ4v) is 4.68. The van der Waals surface area contributed by atoms with Crippen LogP contribution < -0.4 is 0 Å². The van der Waals surface area contributed by atoms with Gasteiger partial charge in [-0.05, 0) is 37.8 Å². The molecule has 1 amide bonds. The predicted octanol–water partition coefficient (Wildman–Crippen LogP) is 3.21. The lowest BCUT2D eigenvalue weighted by molar-refractivity contribution is -0.135. The molecule has 0 aliphatic carbocycles. The fraction of sp³-hybridized carbons (Fsp3) is 0.571. The molecule has 0 N–H and O–H groups in total. The summed E-state index contributed by atoms with van der Waals surface area (Å²) >= 11 is 0. The highest BCUT2D eigenvalue weighted by Crippen LogP contribution is 2.45. The minimum Gasteiger partial charge on any atom is -0.337 e. The highest BCUT2D eigenvalue weighted by molar-refractivity contribution is 5.80. The van der Waals surface area contributed by atoms with Crippen molar-refractivity contribution in [2.75, 3.05) is 13.6 Å². The van der Waals surface area contributed by atoms with Gasteiger partial charge in [-0.25, -0.2) is 0 Å². The molecule has 1 aromatic carbocycles. The van der Waals surface area contributed by atoms with Gasteiger partial charge in [-0.15, -0.1) is 0 Å². The van der Waals surface area contributed by atoms with Crippen LogP contribution in [-0.2, 0) is 17.8 Å². The Morgan fingerprint density at radius 3 is 2.93 bits per heavy atom. The van der Waals surface area contributed by atoms with E-state index in [1.807, 2.05) is 13.1 Å². The third-order valence-electron chi connectivity index (χ3n) is 5.92. The number of carbonyl (C=O) groups excluding carboxylic acids is 1. The quantitative estimate of drug-likeness (QED) is 0.783. The van der Waals surface area contributed by atoms with Crippen LogP contribution in [0.15, 0.2) is 34.9 Å². The van der Waals surface area contributed by atoms with Crippen molar-refractivity contribution < 1.29 is 9.32 Å². The van der Waals surface area contributed by atoms with Crippen molar-refractivity contribution in [2.45, 2.75) is 57.7 Å². The fourth-order valence-electron chi connectivity index (χ4n) is 4.68. The number of aromatic nitrogens is 2. The van der Waals surface area contributed by atoms with Crippen LogP contribution >= 0.6 is 0 Å². The molecule has 6 heteroatoms. The SMILES string of the molecule is CCCc1noc(CN(C)C(=O)C2CC(c3ccccc3)N3CCC[C@@H]23)n1. The number of benzene rings is 1. The molecular weight excluding hydrogens is 340 g/mol. The molecule has 0 spiro atoms. The van der Waals surface area contributed by atoms with E-state index < -0.39 is 0 Å². The Morgan fingerprint density at radius 1 is 1.33 bits per heavy atom. The van der Waals surface area contributed by atoms with Gasteiger partial charge in [0, 0.05) is 25.6 Å². The van der Waals surface area contributed by atoms with Crippen LogP contribution in [0.4, 0.5) is 0 Å². The molecule has 3 heterocycles. The van der Waals surface area contributed by atoms with Gasteiger partial charge in [-0.3, -0.25) is 9.69 Å². The first-order valence-electron chi connectivity index (χ1n) is 10.0. The zero-order valence-electron chi connectivity index (χ0n) is 16.2. The predicted molar refractivity (Wildman–Crippen MR) is 102 cm³/mol. The molecule has 4 rings (SSSR count). The van der Waals surface area contributed by atoms with E-state index in [9.17, 15) is 4.79 Å². The summed E-state index contributed by atoms with van der Waals surface area (Å²) in [6, 6.07) is 11.3. The molecular formula is C21H28N4O2. The molecule has 27 heavy (non-hydrogen) atoms.